The fourth-order valence-electron chi connectivity index (χ4n) is 3.64. The summed E-state index contributed by atoms with van der Waals surface area (Å²) >= 11 is 0. The third-order valence-electron chi connectivity index (χ3n) is 4.98. The molecule has 0 radical (unpaired) electrons. The molecule has 0 aromatic heterocycles. The van der Waals surface area contributed by atoms with Gasteiger partial charge in [0.15, 0.2) is 0 Å². The average molecular weight is 367 g/mol. The monoisotopic (exact) mass is 366 g/mol. The highest BCUT2D eigenvalue weighted by molar-refractivity contribution is 5.85. The molecule has 2 saturated heterocycles. The molecule has 1 N–H and O–H groups in total. The summed E-state index contributed by atoms with van der Waals surface area (Å²) in [7, 11) is 0. The smallest absolute Gasteiger partial charge is 0.317 e. The SMILES string of the molecule is Cl.FC(F)(F)c1cccc(C2(F)CCN(CC3CCNCC3)C2)c1. The lowest BCUT2D eigenvalue weighted by Gasteiger charge is -2.28. The van der Waals surface area contributed by atoms with Gasteiger partial charge in [-0.05, 0) is 56.0 Å². The van der Waals surface area contributed by atoms with Gasteiger partial charge in [0.25, 0.3) is 0 Å². The second-order valence-corrected chi connectivity index (χ2v) is 6.72. The van der Waals surface area contributed by atoms with Crippen molar-refractivity contribution in [1.29, 1.82) is 0 Å². The number of benzene rings is 1. The summed E-state index contributed by atoms with van der Waals surface area (Å²) in [5.74, 6) is 0.556. The van der Waals surface area contributed by atoms with E-state index in [2.05, 4.69) is 10.2 Å². The molecule has 7 heteroatoms. The second kappa shape index (κ2) is 7.58. The topological polar surface area (TPSA) is 15.3 Å². The van der Waals surface area contributed by atoms with Crippen LogP contribution in [0.15, 0.2) is 24.3 Å². The Bertz CT molecular complexity index is 546. The number of alkyl halides is 4. The Labute approximate surface area is 146 Å². The Morgan fingerprint density at radius 2 is 1.92 bits per heavy atom. The van der Waals surface area contributed by atoms with Crippen LogP contribution in [0.25, 0.3) is 0 Å². The van der Waals surface area contributed by atoms with E-state index in [0.717, 1.165) is 44.6 Å². The molecule has 0 bridgehead atoms. The van der Waals surface area contributed by atoms with Gasteiger partial charge in [-0.1, -0.05) is 12.1 Å². The van der Waals surface area contributed by atoms with E-state index in [-0.39, 0.29) is 30.9 Å². The second-order valence-electron chi connectivity index (χ2n) is 6.72. The van der Waals surface area contributed by atoms with Gasteiger partial charge >= 0.3 is 6.18 Å². The molecule has 2 aliphatic rings. The van der Waals surface area contributed by atoms with Crippen LogP contribution in [0, 0.1) is 5.92 Å². The van der Waals surface area contributed by atoms with Gasteiger partial charge in [0.2, 0.25) is 0 Å². The highest BCUT2D eigenvalue weighted by Gasteiger charge is 2.41. The van der Waals surface area contributed by atoms with E-state index in [1.54, 1.807) is 0 Å². The molecule has 0 spiro atoms. The molecule has 1 aromatic rings. The van der Waals surface area contributed by atoms with E-state index in [0.29, 0.717) is 12.5 Å². The fourth-order valence-corrected chi connectivity index (χ4v) is 3.64. The van der Waals surface area contributed by atoms with Crippen LogP contribution in [0.5, 0.6) is 0 Å². The number of hydrogen-bond donors (Lipinski definition) is 1. The maximum Gasteiger partial charge on any atom is 0.416 e. The molecule has 2 aliphatic heterocycles. The van der Waals surface area contributed by atoms with Crippen LogP contribution in [0.3, 0.4) is 0 Å². The lowest BCUT2D eigenvalue weighted by Crippen LogP contribution is -2.36. The third-order valence-corrected chi connectivity index (χ3v) is 4.98. The molecule has 2 fully saturated rings. The van der Waals surface area contributed by atoms with Crippen LogP contribution in [-0.2, 0) is 11.8 Å². The predicted molar refractivity (Wildman–Crippen MR) is 88.1 cm³/mol. The normalized spacial score (nSPS) is 26.3. The molecular formula is C17H23ClF4N2. The molecule has 136 valence electrons. The third kappa shape index (κ3) is 4.41. The zero-order chi connectivity index (χ0) is 16.5. The Morgan fingerprint density at radius 3 is 2.58 bits per heavy atom. The molecule has 1 atom stereocenters. The highest BCUT2D eigenvalue weighted by atomic mass is 35.5. The van der Waals surface area contributed by atoms with Gasteiger partial charge in [0.05, 0.1) is 5.56 Å². The van der Waals surface area contributed by atoms with Crippen LogP contribution in [0.4, 0.5) is 17.6 Å². The van der Waals surface area contributed by atoms with Gasteiger partial charge in [-0.2, -0.15) is 13.2 Å². The Morgan fingerprint density at radius 1 is 1.21 bits per heavy atom. The lowest BCUT2D eigenvalue weighted by atomic mass is 9.93. The highest BCUT2D eigenvalue weighted by Crippen LogP contribution is 2.39. The van der Waals surface area contributed by atoms with E-state index in [4.69, 9.17) is 0 Å². The van der Waals surface area contributed by atoms with Crippen molar-refractivity contribution in [3.05, 3.63) is 35.4 Å². The van der Waals surface area contributed by atoms with Crippen molar-refractivity contribution in [3.8, 4) is 0 Å². The summed E-state index contributed by atoms with van der Waals surface area (Å²) in [6.45, 7) is 3.63. The summed E-state index contributed by atoms with van der Waals surface area (Å²) in [5.41, 5.74) is -2.29. The molecule has 0 saturated carbocycles. The van der Waals surface area contributed by atoms with Crippen LogP contribution < -0.4 is 5.32 Å². The number of likely N-dealkylation sites (tertiary alicyclic amines) is 1. The quantitative estimate of drug-likeness (QED) is 0.813. The van der Waals surface area contributed by atoms with Crippen LogP contribution in [0.2, 0.25) is 0 Å². The van der Waals surface area contributed by atoms with Crippen molar-refractivity contribution < 1.29 is 17.6 Å². The summed E-state index contributed by atoms with van der Waals surface area (Å²) in [5, 5.41) is 3.30. The summed E-state index contributed by atoms with van der Waals surface area (Å²) in [6, 6.07) is 4.74. The number of rotatable bonds is 3. The molecular weight excluding hydrogens is 344 g/mol. The standard InChI is InChI=1S/C17H22F4N2.ClH/c18-16(14-2-1-3-15(10-14)17(19,20)21)6-9-23(12-16)11-13-4-7-22-8-5-13;/h1-3,10,13,22H,4-9,11-12H2;1H. The van der Waals surface area contributed by atoms with E-state index in [1.807, 2.05) is 0 Å². The number of halogens is 5. The molecule has 1 aromatic carbocycles. The molecule has 1 unspecified atom stereocenters. The van der Waals surface area contributed by atoms with Gasteiger partial charge in [0, 0.05) is 19.6 Å². The first-order valence-electron chi connectivity index (χ1n) is 8.16. The van der Waals surface area contributed by atoms with Crippen molar-refractivity contribution in [1.82, 2.24) is 10.2 Å². The van der Waals surface area contributed by atoms with Crippen LogP contribution >= 0.6 is 12.4 Å². The minimum Gasteiger partial charge on any atom is -0.317 e. The number of nitrogens with zero attached hydrogens (tertiary/aromatic N) is 1. The maximum absolute atomic E-state index is 15.2. The van der Waals surface area contributed by atoms with Crippen molar-refractivity contribution in [2.45, 2.75) is 31.1 Å². The Hall–Kier alpha value is -0.850. The summed E-state index contributed by atoms with van der Waals surface area (Å²) in [6.07, 6.45) is -2.00. The average Bonchev–Trinajstić information content (AvgIpc) is 2.90. The molecule has 2 nitrogen and oxygen atoms in total. The van der Waals surface area contributed by atoms with Gasteiger partial charge < -0.3 is 5.32 Å². The summed E-state index contributed by atoms with van der Waals surface area (Å²) in [4.78, 5) is 2.07. The largest absolute Gasteiger partial charge is 0.416 e. The number of hydrogen-bond acceptors (Lipinski definition) is 2. The van der Waals surface area contributed by atoms with Crippen molar-refractivity contribution in [2.24, 2.45) is 5.92 Å². The van der Waals surface area contributed by atoms with Crippen molar-refractivity contribution >= 4 is 12.4 Å². The number of piperidine rings is 1. The molecule has 3 rings (SSSR count). The van der Waals surface area contributed by atoms with E-state index < -0.39 is 17.4 Å². The zero-order valence-electron chi connectivity index (χ0n) is 13.4. The van der Waals surface area contributed by atoms with Crippen molar-refractivity contribution in [3.63, 3.8) is 0 Å². The zero-order valence-corrected chi connectivity index (χ0v) is 14.2. The maximum atomic E-state index is 15.2. The minimum absolute atomic E-state index is 0. The first kappa shape index (κ1) is 19.5. The van der Waals surface area contributed by atoms with Crippen LogP contribution in [0.1, 0.15) is 30.4 Å². The van der Waals surface area contributed by atoms with Gasteiger partial charge in [0.1, 0.15) is 5.67 Å². The lowest BCUT2D eigenvalue weighted by molar-refractivity contribution is -0.137. The molecule has 24 heavy (non-hydrogen) atoms. The molecule has 0 amide bonds. The first-order chi connectivity index (χ1) is 10.9. The van der Waals surface area contributed by atoms with Crippen molar-refractivity contribution in [2.75, 3.05) is 32.7 Å². The first-order valence-corrected chi connectivity index (χ1v) is 8.16. The Kier molecular flexibility index (Phi) is 6.15. The van der Waals surface area contributed by atoms with E-state index in [1.165, 1.54) is 12.1 Å². The van der Waals surface area contributed by atoms with E-state index in [9.17, 15) is 13.2 Å². The molecule has 2 heterocycles. The minimum atomic E-state index is -4.43. The predicted octanol–water partition coefficient (Wildman–Crippen LogP) is 4.00. The number of nitrogens with one attached hydrogen (secondary N) is 1. The van der Waals surface area contributed by atoms with Gasteiger partial charge in [-0.3, -0.25) is 4.90 Å². The van der Waals surface area contributed by atoms with Gasteiger partial charge in [-0.15, -0.1) is 12.4 Å². The Balaban J connectivity index is 0.00000208. The van der Waals surface area contributed by atoms with Crippen LogP contribution in [-0.4, -0.2) is 37.6 Å². The summed E-state index contributed by atoms with van der Waals surface area (Å²) < 4.78 is 53.7. The van der Waals surface area contributed by atoms with Gasteiger partial charge in [-0.25, -0.2) is 4.39 Å². The fraction of sp³-hybridized carbons (Fsp3) is 0.647. The van der Waals surface area contributed by atoms with E-state index >= 15 is 4.39 Å². The molecule has 0 aliphatic carbocycles.